The fraction of sp³-hybridized carbons (Fsp3) is 0.750. The van der Waals surface area contributed by atoms with E-state index in [0.29, 0.717) is 18.4 Å². The summed E-state index contributed by atoms with van der Waals surface area (Å²) >= 11 is 0. The maximum atomic E-state index is 11.6. The first-order chi connectivity index (χ1) is 6.84. The van der Waals surface area contributed by atoms with E-state index in [0.717, 1.165) is 12.8 Å². The molecule has 2 rings (SSSR count). The zero-order chi connectivity index (χ0) is 9.97. The Morgan fingerprint density at radius 2 is 1.86 bits per heavy atom. The quantitative estimate of drug-likeness (QED) is 0.499. The number of carbonyl (C=O) groups is 1. The van der Waals surface area contributed by atoms with Crippen molar-refractivity contribution in [1.29, 1.82) is 0 Å². The smallest absolute Gasteiger partial charge is 0.309 e. The van der Waals surface area contributed by atoms with Gasteiger partial charge in [-0.15, -0.1) is 0 Å². The molecule has 2 aliphatic carbocycles. The van der Waals surface area contributed by atoms with Gasteiger partial charge in [-0.1, -0.05) is 12.2 Å². The minimum atomic E-state index is 0.0457. The van der Waals surface area contributed by atoms with Crippen LogP contribution in [0.3, 0.4) is 0 Å². The van der Waals surface area contributed by atoms with Crippen molar-refractivity contribution in [2.24, 2.45) is 17.8 Å². The maximum Gasteiger partial charge on any atom is 0.309 e. The van der Waals surface area contributed by atoms with E-state index < -0.39 is 0 Å². The van der Waals surface area contributed by atoms with Gasteiger partial charge in [-0.25, -0.2) is 0 Å². The second-order valence-corrected chi connectivity index (χ2v) is 4.23. The summed E-state index contributed by atoms with van der Waals surface area (Å²) in [6.45, 7) is 2.40. The van der Waals surface area contributed by atoms with E-state index in [-0.39, 0.29) is 11.9 Å². The maximum absolute atomic E-state index is 11.6. The van der Waals surface area contributed by atoms with Gasteiger partial charge in [0.15, 0.2) is 0 Å². The van der Waals surface area contributed by atoms with E-state index in [2.05, 4.69) is 12.2 Å². The molecule has 2 heteroatoms. The van der Waals surface area contributed by atoms with Gasteiger partial charge in [0.2, 0.25) is 0 Å². The van der Waals surface area contributed by atoms with Crippen molar-refractivity contribution in [3.8, 4) is 0 Å². The SMILES string of the molecule is CCOC(=O)[C@@H]1[C@@H]2CC/C=C\CC[C@@H]21. The van der Waals surface area contributed by atoms with E-state index in [1.54, 1.807) is 0 Å². The average molecular weight is 194 g/mol. The number of carbonyl (C=O) groups excluding carboxylic acids is 1. The van der Waals surface area contributed by atoms with Crippen molar-refractivity contribution < 1.29 is 9.53 Å². The molecule has 0 heterocycles. The van der Waals surface area contributed by atoms with Crippen molar-refractivity contribution in [3.05, 3.63) is 12.2 Å². The zero-order valence-corrected chi connectivity index (χ0v) is 8.74. The summed E-state index contributed by atoms with van der Waals surface area (Å²) in [6, 6.07) is 0. The Morgan fingerprint density at radius 3 is 2.36 bits per heavy atom. The van der Waals surface area contributed by atoms with Crippen molar-refractivity contribution in [1.82, 2.24) is 0 Å². The predicted molar refractivity (Wildman–Crippen MR) is 54.7 cm³/mol. The Bertz CT molecular complexity index is 229. The monoisotopic (exact) mass is 194 g/mol. The Balaban J connectivity index is 1.90. The highest BCUT2D eigenvalue weighted by Gasteiger charge is 2.54. The number of allylic oxidation sites excluding steroid dienone is 2. The van der Waals surface area contributed by atoms with Crippen molar-refractivity contribution in [2.45, 2.75) is 32.6 Å². The molecule has 0 aromatic rings. The standard InChI is InChI=1S/C12H18O2/c1-2-14-12(13)11-9-7-5-3-4-6-8-10(9)11/h3-4,9-11H,2,5-8H2,1H3/b4-3-/t9-,10+,11-. The molecular weight excluding hydrogens is 176 g/mol. The number of fused-ring (bicyclic) bond motifs is 1. The van der Waals surface area contributed by atoms with Gasteiger partial charge < -0.3 is 4.74 Å². The molecule has 0 bridgehead atoms. The summed E-state index contributed by atoms with van der Waals surface area (Å²) in [6.07, 6.45) is 9.11. The molecule has 0 aromatic heterocycles. The van der Waals surface area contributed by atoms with E-state index in [1.807, 2.05) is 6.92 Å². The summed E-state index contributed by atoms with van der Waals surface area (Å²) in [4.78, 5) is 11.6. The molecule has 0 spiro atoms. The minimum absolute atomic E-state index is 0.0457. The van der Waals surface area contributed by atoms with Crippen LogP contribution in [0, 0.1) is 17.8 Å². The Hall–Kier alpha value is -0.790. The first-order valence-corrected chi connectivity index (χ1v) is 5.66. The van der Waals surface area contributed by atoms with Crippen LogP contribution in [0.4, 0.5) is 0 Å². The van der Waals surface area contributed by atoms with Crippen molar-refractivity contribution in [2.75, 3.05) is 6.61 Å². The second kappa shape index (κ2) is 4.16. The number of rotatable bonds is 2. The fourth-order valence-electron chi connectivity index (χ4n) is 2.63. The van der Waals surface area contributed by atoms with Crippen LogP contribution in [0.2, 0.25) is 0 Å². The van der Waals surface area contributed by atoms with Crippen LogP contribution in [0.25, 0.3) is 0 Å². The molecule has 14 heavy (non-hydrogen) atoms. The third-order valence-electron chi connectivity index (χ3n) is 3.39. The topological polar surface area (TPSA) is 26.3 Å². The predicted octanol–water partition coefficient (Wildman–Crippen LogP) is 2.54. The summed E-state index contributed by atoms with van der Waals surface area (Å²) in [5.41, 5.74) is 0. The van der Waals surface area contributed by atoms with Crippen LogP contribution in [-0.4, -0.2) is 12.6 Å². The Morgan fingerprint density at radius 1 is 1.29 bits per heavy atom. The highest BCUT2D eigenvalue weighted by Crippen LogP contribution is 2.53. The average Bonchev–Trinajstić information content (AvgIpc) is 2.77. The van der Waals surface area contributed by atoms with Crippen LogP contribution >= 0.6 is 0 Å². The molecule has 1 saturated carbocycles. The molecular formula is C12H18O2. The minimum Gasteiger partial charge on any atom is -0.466 e. The van der Waals surface area contributed by atoms with Crippen LogP contribution in [0.5, 0.6) is 0 Å². The first-order valence-electron chi connectivity index (χ1n) is 5.66. The van der Waals surface area contributed by atoms with Gasteiger partial charge in [-0.05, 0) is 44.4 Å². The van der Waals surface area contributed by atoms with Crippen molar-refractivity contribution >= 4 is 5.97 Å². The van der Waals surface area contributed by atoms with Crippen LogP contribution in [0.15, 0.2) is 12.2 Å². The number of esters is 1. The summed E-state index contributed by atoms with van der Waals surface area (Å²) < 4.78 is 5.08. The molecule has 0 aliphatic heterocycles. The van der Waals surface area contributed by atoms with Gasteiger partial charge in [0.1, 0.15) is 0 Å². The van der Waals surface area contributed by atoms with Gasteiger partial charge in [0.05, 0.1) is 12.5 Å². The first kappa shape index (κ1) is 9.75. The summed E-state index contributed by atoms with van der Waals surface area (Å²) in [5, 5.41) is 0. The van der Waals surface area contributed by atoms with E-state index in [9.17, 15) is 4.79 Å². The molecule has 2 nitrogen and oxygen atoms in total. The van der Waals surface area contributed by atoms with E-state index in [1.165, 1.54) is 12.8 Å². The number of hydrogen-bond donors (Lipinski definition) is 0. The Kier molecular flexibility index (Phi) is 2.90. The van der Waals surface area contributed by atoms with Crippen molar-refractivity contribution in [3.63, 3.8) is 0 Å². The lowest BCUT2D eigenvalue weighted by molar-refractivity contribution is -0.145. The van der Waals surface area contributed by atoms with Crippen LogP contribution < -0.4 is 0 Å². The molecule has 3 atom stereocenters. The van der Waals surface area contributed by atoms with Gasteiger partial charge in [-0.3, -0.25) is 4.79 Å². The van der Waals surface area contributed by atoms with Gasteiger partial charge in [0, 0.05) is 0 Å². The molecule has 0 saturated heterocycles. The number of ether oxygens (including phenoxy) is 1. The molecule has 0 amide bonds. The molecule has 0 aromatic carbocycles. The van der Waals surface area contributed by atoms with Gasteiger partial charge in [0.25, 0.3) is 0 Å². The zero-order valence-electron chi connectivity index (χ0n) is 8.74. The van der Waals surface area contributed by atoms with E-state index >= 15 is 0 Å². The number of hydrogen-bond acceptors (Lipinski definition) is 2. The summed E-state index contributed by atoms with van der Waals surface area (Å²) in [5.74, 6) is 1.53. The molecule has 2 aliphatic rings. The molecule has 78 valence electrons. The molecule has 0 unspecified atom stereocenters. The molecule has 0 N–H and O–H groups in total. The second-order valence-electron chi connectivity index (χ2n) is 4.23. The van der Waals surface area contributed by atoms with Gasteiger partial charge >= 0.3 is 5.97 Å². The largest absolute Gasteiger partial charge is 0.466 e. The molecule has 1 fully saturated rings. The normalized spacial score (nSPS) is 37.6. The molecule has 0 radical (unpaired) electrons. The Labute approximate surface area is 85.3 Å². The highest BCUT2D eigenvalue weighted by atomic mass is 16.5. The summed E-state index contributed by atoms with van der Waals surface area (Å²) in [7, 11) is 0. The third-order valence-corrected chi connectivity index (χ3v) is 3.39. The fourth-order valence-corrected chi connectivity index (χ4v) is 2.63. The van der Waals surface area contributed by atoms with E-state index in [4.69, 9.17) is 4.74 Å². The van der Waals surface area contributed by atoms with Gasteiger partial charge in [-0.2, -0.15) is 0 Å². The third kappa shape index (κ3) is 1.84. The lowest BCUT2D eigenvalue weighted by atomic mass is 10.1. The lowest BCUT2D eigenvalue weighted by Gasteiger charge is -1.99. The highest BCUT2D eigenvalue weighted by molar-refractivity contribution is 5.76. The van der Waals surface area contributed by atoms with Crippen LogP contribution in [0.1, 0.15) is 32.6 Å². The lowest BCUT2D eigenvalue weighted by Crippen LogP contribution is -2.08. The van der Waals surface area contributed by atoms with Crippen LogP contribution in [-0.2, 0) is 9.53 Å².